The largest absolute Gasteiger partial charge is 0.349 e. The zero-order chi connectivity index (χ0) is 15.6. The lowest BCUT2D eigenvalue weighted by atomic mass is 9.94. The molecule has 1 aromatic rings. The van der Waals surface area contributed by atoms with Crippen molar-refractivity contribution in [3.8, 4) is 0 Å². The highest BCUT2D eigenvalue weighted by molar-refractivity contribution is 7.91. The number of aryl methyl sites for hydroxylation is 2. The van der Waals surface area contributed by atoms with Crippen LogP contribution in [0.5, 0.6) is 0 Å². The first-order valence-electron chi connectivity index (χ1n) is 7.34. The zero-order valence-corrected chi connectivity index (χ0v) is 13.7. The van der Waals surface area contributed by atoms with Crippen molar-refractivity contribution < 1.29 is 13.2 Å². The topological polar surface area (TPSA) is 63.2 Å². The van der Waals surface area contributed by atoms with Crippen molar-refractivity contribution in [1.29, 1.82) is 0 Å². The molecule has 1 aliphatic rings. The summed E-state index contributed by atoms with van der Waals surface area (Å²) in [5.74, 6) is -0.114. The maximum atomic E-state index is 12.3. The summed E-state index contributed by atoms with van der Waals surface area (Å²) in [5, 5.41) is 2.66. The minimum Gasteiger partial charge on any atom is -0.349 e. The Morgan fingerprint density at radius 2 is 1.90 bits per heavy atom. The van der Waals surface area contributed by atoms with E-state index in [0.29, 0.717) is 18.4 Å². The highest BCUT2D eigenvalue weighted by atomic mass is 32.2. The van der Waals surface area contributed by atoms with Crippen LogP contribution in [0.25, 0.3) is 0 Å². The molecule has 0 aromatic heterocycles. The number of hydrogen-bond donors (Lipinski definition) is 1. The standard InChI is InChI=1S/C16H23NO3S/c1-11-7-8-13(9-12(11)2)16(18)17-14-5-4-6-15(10-14)21(3,19)20/h7-9,14-15H,4-6,10H2,1-3H3,(H,17,18)/t14-,15+/m0/s1. The summed E-state index contributed by atoms with van der Waals surface area (Å²) in [6.07, 6.45) is 4.20. The van der Waals surface area contributed by atoms with E-state index in [4.69, 9.17) is 0 Å². The molecule has 1 aromatic carbocycles. The van der Waals surface area contributed by atoms with Crippen LogP contribution in [0.15, 0.2) is 18.2 Å². The highest BCUT2D eigenvalue weighted by Gasteiger charge is 2.29. The van der Waals surface area contributed by atoms with Crippen molar-refractivity contribution in [2.45, 2.75) is 50.8 Å². The zero-order valence-electron chi connectivity index (χ0n) is 12.8. The van der Waals surface area contributed by atoms with Gasteiger partial charge in [-0.1, -0.05) is 12.5 Å². The first-order valence-corrected chi connectivity index (χ1v) is 9.30. The first-order chi connectivity index (χ1) is 9.77. The average molecular weight is 309 g/mol. The van der Waals surface area contributed by atoms with Gasteiger partial charge in [-0.15, -0.1) is 0 Å². The molecular weight excluding hydrogens is 286 g/mol. The fourth-order valence-corrected chi connectivity index (χ4v) is 3.99. The number of carbonyl (C=O) groups is 1. The fraction of sp³-hybridized carbons (Fsp3) is 0.562. The third-order valence-electron chi connectivity index (χ3n) is 4.34. The molecule has 0 spiro atoms. The molecule has 0 bridgehead atoms. The number of nitrogens with one attached hydrogen (secondary N) is 1. The van der Waals surface area contributed by atoms with Crippen LogP contribution in [0.2, 0.25) is 0 Å². The van der Waals surface area contributed by atoms with Gasteiger partial charge < -0.3 is 5.32 Å². The van der Waals surface area contributed by atoms with Crippen molar-refractivity contribution >= 4 is 15.7 Å². The third-order valence-corrected chi connectivity index (χ3v) is 5.98. The van der Waals surface area contributed by atoms with Gasteiger partial charge in [-0.05, 0) is 56.4 Å². The van der Waals surface area contributed by atoms with Crippen LogP contribution in [0, 0.1) is 13.8 Å². The normalized spacial score (nSPS) is 22.8. The molecule has 1 fully saturated rings. The Kier molecular flexibility index (Phi) is 4.71. The second kappa shape index (κ2) is 6.18. The van der Waals surface area contributed by atoms with Crippen molar-refractivity contribution in [1.82, 2.24) is 5.32 Å². The molecule has 21 heavy (non-hydrogen) atoms. The van der Waals surface area contributed by atoms with Gasteiger partial charge in [-0.3, -0.25) is 4.79 Å². The van der Waals surface area contributed by atoms with Crippen LogP contribution in [0.4, 0.5) is 0 Å². The lowest BCUT2D eigenvalue weighted by Gasteiger charge is -2.28. The van der Waals surface area contributed by atoms with Gasteiger partial charge in [-0.25, -0.2) is 8.42 Å². The monoisotopic (exact) mass is 309 g/mol. The summed E-state index contributed by atoms with van der Waals surface area (Å²) in [6, 6.07) is 5.58. The summed E-state index contributed by atoms with van der Waals surface area (Å²) >= 11 is 0. The molecule has 0 aliphatic heterocycles. The summed E-state index contributed by atoms with van der Waals surface area (Å²) in [7, 11) is -3.02. The first kappa shape index (κ1) is 16.0. The highest BCUT2D eigenvalue weighted by Crippen LogP contribution is 2.24. The van der Waals surface area contributed by atoms with Gasteiger partial charge in [0.15, 0.2) is 0 Å². The van der Waals surface area contributed by atoms with Crippen molar-refractivity contribution in [3.05, 3.63) is 34.9 Å². The lowest BCUT2D eigenvalue weighted by molar-refractivity contribution is 0.0928. The molecule has 116 valence electrons. The van der Waals surface area contributed by atoms with Gasteiger partial charge in [0, 0.05) is 17.9 Å². The second-order valence-corrected chi connectivity index (χ2v) is 8.41. The minimum absolute atomic E-state index is 0.0485. The van der Waals surface area contributed by atoms with Crippen LogP contribution in [-0.4, -0.2) is 31.9 Å². The van der Waals surface area contributed by atoms with Crippen molar-refractivity contribution in [3.63, 3.8) is 0 Å². The van der Waals surface area contributed by atoms with Crippen LogP contribution in [0.3, 0.4) is 0 Å². The van der Waals surface area contributed by atoms with E-state index in [0.717, 1.165) is 24.0 Å². The Bertz CT molecular complexity index is 637. The molecule has 0 unspecified atom stereocenters. The Balaban J connectivity index is 2.03. The molecule has 0 saturated heterocycles. The predicted octanol–water partition coefficient (Wildman–Crippen LogP) is 2.39. The number of benzene rings is 1. The maximum absolute atomic E-state index is 12.3. The molecule has 0 radical (unpaired) electrons. The predicted molar refractivity (Wildman–Crippen MR) is 84.3 cm³/mol. The van der Waals surface area contributed by atoms with Gasteiger partial charge in [-0.2, -0.15) is 0 Å². The maximum Gasteiger partial charge on any atom is 0.251 e. The molecular formula is C16H23NO3S. The molecule has 1 N–H and O–H groups in total. The molecule has 2 atom stereocenters. The Morgan fingerprint density at radius 1 is 1.19 bits per heavy atom. The van der Waals surface area contributed by atoms with E-state index in [9.17, 15) is 13.2 Å². The van der Waals surface area contributed by atoms with E-state index >= 15 is 0 Å². The van der Waals surface area contributed by atoms with Gasteiger partial charge in [0.2, 0.25) is 0 Å². The van der Waals surface area contributed by atoms with Crippen molar-refractivity contribution in [2.75, 3.05) is 6.26 Å². The molecule has 4 nitrogen and oxygen atoms in total. The Labute approximate surface area is 126 Å². The quantitative estimate of drug-likeness (QED) is 0.932. The fourth-order valence-electron chi connectivity index (χ4n) is 2.82. The Hall–Kier alpha value is -1.36. The summed E-state index contributed by atoms with van der Waals surface area (Å²) in [5.41, 5.74) is 2.88. The van der Waals surface area contributed by atoms with Crippen LogP contribution in [0.1, 0.15) is 47.2 Å². The van der Waals surface area contributed by atoms with E-state index in [-0.39, 0.29) is 17.2 Å². The molecule has 2 rings (SSSR count). The van der Waals surface area contributed by atoms with Gasteiger partial charge in [0.1, 0.15) is 9.84 Å². The molecule has 1 aliphatic carbocycles. The van der Waals surface area contributed by atoms with E-state index in [1.807, 2.05) is 32.0 Å². The average Bonchev–Trinajstić information content (AvgIpc) is 2.41. The number of hydrogen-bond acceptors (Lipinski definition) is 3. The van der Waals surface area contributed by atoms with E-state index in [1.165, 1.54) is 6.26 Å². The van der Waals surface area contributed by atoms with E-state index in [1.54, 1.807) is 0 Å². The van der Waals surface area contributed by atoms with Crippen molar-refractivity contribution in [2.24, 2.45) is 0 Å². The molecule has 0 heterocycles. The van der Waals surface area contributed by atoms with Crippen LogP contribution in [-0.2, 0) is 9.84 Å². The van der Waals surface area contributed by atoms with Crippen LogP contribution < -0.4 is 5.32 Å². The number of amides is 1. The minimum atomic E-state index is -3.02. The molecule has 1 saturated carbocycles. The van der Waals surface area contributed by atoms with Gasteiger partial charge in [0.05, 0.1) is 5.25 Å². The summed E-state index contributed by atoms with van der Waals surface area (Å²) < 4.78 is 23.3. The SMILES string of the molecule is Cc1ccc(C(=O)N[C@H]2CCC[C@@H](S(C)(=O)=O)C2)cc1C. The van der Waals surface area contributed by atoms with Crippen LogP contribution >= 0.6 is 0 Å². The van der Waals surface area contributed by atoms with E-state index < -0.39 is 9.84 Å². The molecule has 1 amide bonds. The Morgan fingerprint density at radius 3 is 2.52 bits per heavy atom. The van der Waals surface area contributed by atoms with Gasteiger partial charge >= 0.3 is 0 Å². The van der Waals surface area contributed by atoms with Gasteiger partial charge in [0.25, 0.3) is 5.91 Å². The molecule has 5 heteroatoms. The smallest absolute Gasteiger partial charge is 0.251 e. The number of rotatable bonds is 3. The lowest BCUT2D eigenvalue weighted by Crippen LogP contribution is -2.41. The summed E-state index contributed by atoms with van der Waals surface area (Å²) in [4.78, 5) is 12.3. The van der Waals surface area contributed by atoms with E-state index in [2.05, 4.69) is 5.32 Å². The second-order valence-electron chi connectivity index (χ2n) is 6.09. The number of sulfone groups is 1. The third kappa shape index (κ3) is 4.06. The summed E-state index contributed by atoms with van der Waals surface area (Å²) in [6.45, 7) is 3.99. The number of carbonyl (C=O) groups excluding carboxylic acids is 1.